The van der Waals surface area contributed by atoms with E-state index in [4.69, 9.17) is 5.11 Å². The maximum atomic E-state index is 12.8. The Morgan fingerprint density at radius 3 is 2.62 bits per heavy atom. The summed E-state index contributed by atoms with van der Waals surface area (Å²) in [4.78, 5) is 24.6. The average molecular weight is 301 g/mol. The summed E-state index contributed by atoms with van der Waals surface area (Å²) in [5, 5.41) is 12.8. The van der Waals surface area contributed by atoms with E-state index >= 15 is 0 Å². The number of alkyl halides is 2. The first-order chi connectivity index (χ1) is 9.82. The lowest BCUT2D eigenvalue weighted by Gasteiger charge is -2.21. The van der Waals surface area contributed by atoms with Crippen LogP contribution in [0, 0.1) is 13.8 Å². The fraction of sp³-hybridized carbons (Fsp3) is 0.615. The van der Waals surface area contributed by atoms with Crippen molar-refractivity contribution in [1.29, 1.82) is 0 Å². The molecule has 1 aromatic heterocycles. The molecule has 0 aliphatic carbocycles. The van der Waals surface area contributed by atoms with Crippen LogP contribution in [0.2, 0.25) is 0 Å². The smallest absolute Gasteiger partial charge is 0.333 e. The summed E-state index contributed by atoms with van der Waals surface area (Å²) in [6, 6.07) is -0.816. The minimum absolute atomic E-state index is 0.103. The van der Waals surface area contributed by atoms with Gasteiger partial charge in [0.2, 0.25) is 5.91 Å². The highest BCUT2D eigenvalue weighted by atomic mass is 19.3. The number of aliphatic carboxylic acids is 1. The summed E-state index contributed by atoms with van der Waals surface area (Å²) in [7, 11) is 0. The van der Waals surface area contributed by atoms with Gasteiger partial charge >= 0.3 is 12.5 Å². The quantitative estimate of drug-likeness (QED) is 0.914. The van der Waals surface area contributed by atoms with Crippen LogP contribution in [0.1, 0.15) is 36.3 Å². The normalized spacial score (nSPS) is 18.5. The number of carboxylic acids is 1. The van der Waals surface area contributed by atoms with Crippen LogP contribution in [0.15, 0.2) is 0 Å². The highest BCUT2D eigenvalue weighted by Gasteiger charge is 2.34. The third-order valence-corrected chi connectivity index (χ3v) is 3.85. The third-order valence-electron chi connectivity index (χ3n) is 3.85. The van der Waals surface area contributed by atoms with Crippen molar-refractivity contribution in [3.8, 4) is 0 Å². The fourth-order valence-corrected chi connectivity index (χ4v) is 2.72. The van der Waals surface area contributed by atoms with E-state index in [1.54, 1.807) is 6.92 Å². The van der Waals surface area contributed by atoms with E-state index in [-0.39, 0.29) is 18.0 Å². The minimum atomic E-state index is -2.76. The van der Waals surface area contributed by atoms with Crippen molar-refractivity contribution in [1.82, 2.24) is 14.7 Å². The molecule has 0 spiro atoms. The van der Waals surface area contributed by atoms with Crippen LogP contribution >= 0.6 is 0 Å². The zero-order chi connectivity index (χ0) is 15.7. The molecule has 1 aromatic rings. The van der Waals surface area contributed by atoms with Gasteiger partial charge in [0, 0.05) is 17.8 Å². The summed E-state index contributed by atoms with van der Waals surface area (Å²) in [5.41, 5.74) is 1.05. The van der Waals surface area contributed by atoms with Gasteiger partial charge in [0.25, 0.3) is 0 Å². The van der Waals surface area contributed by atoms with Crippen LogP contribution in [0.3, 0.4) is 0 Å². The van der Waals surface area contributed by atoms with Crippen molar-refractivity contribution in [3.63, 3.8) is 0 Å². The number of nitrogens with zero attached hydrogens (tertiary/aromatic N) is 3. The second-order valence-corrected chi connectivity index (χ2v) is 5.13. The second-order valence-electron chi connectivity index (χ2n) is 5.13. The van der Waals surface area contributed by atoms with Crippen molar-refractivity contribution in [2.75, 3.05) is 6.54 Å². The molecule has 21 heavy (non-hydrogen) atoms. The fourth-order valence-electron chi connectivity index (χ4n) is 2.72. The van der Waals surface area contributed by atoms with Crippen molar-refractivity contribution in [3.05, 3.63) is 17.0 Å². The number of carbonyl (C=O) groups excluding carboxylic acids is 1. The Morgan fingerprint density at radius 1 is 1.43 bits per heavy atom. The predicted molar refractivity (Wildman–Crippen MR) is 69.0 cm³/mol. The van der Waals surface area contributed by atoms with Gasteiger partial charge in [0.1, 0.15) is 6.04 Å². The lowest BCUT2D eigenvalue weighted by atomic mass is 10.1. The van der Waals surface area contributed by atoms with Gasteiger partial charge in [0.15, 0.2) is 0 Å². The molecule has 1 fully saturated rings. The van der Waals surface area contributed by atoms with Gasteiger partial charge in [0.05, 0.1) is 12.1 Å². The average Bonchev–Trinajstić information content (AvgIpc) is 2.98. The summed E-state index contributed by atoms with van der Waals surface area (Å²) in [6.45, 7) is 0.670. The molecule has 0 aromatic carbocycles. The van der Waals surface area contributed by atoms with Gasteiger partial charge in [-0.25, -0.2) is 9.48 Å². The van der Waals surface area contributed by atoms with Crippen molar-refractivity contribution in [2.45, 2.75) is 45.7 Å². The van der Waals surface area contributed by atoms with E-state index in [9.17, 15) is 18.4 Å². The first-order valence-electron chi connectivity index (χ1n) is 6.68. The van der Waals surface area contributed by atoms with Gasteiger partial charge in [-0.05, 0) is 26.7 Å². The van der Waals surface area contributed by atoms with Crippen LogP contribution in [0.5, 0.6) is 0 Å². The van der Waals surface area contributed by atoms with Crippen LogP contribution in [0.4, 0.5) is 8.78 Å². The molecule has 1 aliphatic heterocycles. The molecule has 2 rings (SSSR count). The Balaban J connectivity index is 2.18. The van der Waals surface area contributed by atoms with Crippen molar-refractivity contribution < 1.29 is 23.5 Å². The van der Waals surface area contributed by atoms with Crippen molar-refractivity contribution >= 4 is 11.9 Å². The second kappa shape index (κ2) is 5.79. The van der Waals surface area contributed by atoms with E-state index in [1.165, 1.54) is 11.8 Å². The molecule has 8 heteroatoms. The van der Waals surface area contributed by atoms with E-state index < -0.39 is 18.6 Å². The zero-order valence-corrected chi connectivity index (χ0v) is 11.8. The molecule has 6 nitrogen and oxygen atoms in total. The Hall–Kier alpha value is -1.99. The summed E-state index contributed by atoms with van der Waals surface area (Å²) >= 11 is 0. The lowest BCUT2D eigenvalue weighted by Crippen LogP contribution is -2.41. The Labute approximate surface area is 120 Å². The third kappa shape index (κ3) is 2.88. The number of halogens is 2. The van der Waals surface area contributed by atoms with E-state index in [0.717, 1.165) is 0 Å². The molecule has 116 valence electrons. The predicted octanol–water partition coefficient (Wildman–Crippen LogP) is 1.51. The molecule has 1 aliphatic rings. The summed E-state index contributed by atoms with van der Waals surface area (Å²) in [6.07, 6.45) is 0.959. The molecule has 1 N–H and O–H groups in total. The number of carbonyl (C=O) groups is 2. The molecular weight excluding hydrogens is 284 g/mol. The zero-order valence-electron chi connectivity index (χ0n) is 11.8. The molecule has 1 amide bonds. The van der Waals surface area contributed by atoms with Crippen molar-refractivity contribution in [2.24, 2.45) is 0 Å². The van der Waals surface area contributed by atoms with E-state index in [2.05, 4.69) is 5.10 Å². The Morgan fingerprint density at radius 2 is 2.10 bits per heavy atom. The van der Waals surface area contributed by atoms with Crippen LogP contribution < -0.4 is 0 Å². The first-order valence-corrected chi connectivity index (χ1v) is 6.68. The molecule has 1 atom stereocenters. The maximum absolute atomic E-state index is 12.8. The van der Waals surface area contributed by atoms with Gasteiger partial charge in [-0.2, -0.15) is 13.9 Å². The van der Waals surface area contributed by atoms with Crippen LogP contribution in [0.25, 0.3) is 0 Å². The summed E-state index contributed by atoms with van der Waals surface area (Å²) in [5.74, 6) is -1.39. The SMILES string of the molecule is Cc1nn(C(F)F)c(C)c1CC(=O)N1CCC[C@H]1C(=O)O. The van der Waals surface area contributed by atoms with Gasteiger partial charge in [-0.15, -0.1) is 0 Å². The molecule has 0 bridgehead atoms. The van der Waals surface area contributed by atoms with E-state index in [0.29, 0.717) is 35.3 Å². The molecule has 1 saturated heterocycles. The molecule has 0 unspecified atom stereocenters. The molecule has 2 heterocycles. The number of hydrogen-bond donors (Lipinski definition) is 1. The molecular formula is C13H17F2N3O3. The van der Waals surface area contributed by atoms with Crippen LogP contribution in [-0.4, -0.2) is 44.3 Å². The number of aryl methyl sites for hydroxylation is 1. The highest BCUT2D eigenvalue weighted by molar-refractivity contribution is 5.85. The number of hydrogen-bond acceptors (Lipinski definition) is 3. The van der Waals surface area contributed by atoms with Gasteiger partial charge in [-0.1, -0.05) is 0 Å². The Kier molecular flexibility index (Phi) is 4.24. The number of rotatable bonds is 4. The number of likely N-dealkylation sites (tertiary alicyclic amines) is 1. The number of aromatic nitrogens is 2. The number of carboxylic acid groups (broad SMARTS) is 1. The molecule has 0 radical (unpaired) electrons. The monoisotopic (exact) mass is 301 g/mol. The standard InChI is InChI=1S/C13H17F2N3O3/c1-7-9(8(2)18(16-7)13(14)15)6-11(19)17-5-3-4-10(17)12(20)21/h10,13H,3-6H2,1-2H3,(H,20,21)/t10-/m0/s1. The van der Waals surface area contributed by atoms with Crippen LogP contribution in [-0.2, 0) is 16.0 Å². The van der Waals surface area contributed by atoms with Gasteiger partial charge in [-0.3, -0.25) is 4.79 Å². The van der Waals surface area contributed by atoms with E-state index in [1.807, 2.05) is 0 Å². The number of amides is 1. The Bertz CT molecular complexity index is 571. The lowest BCUT2D eigenvalue weighted by molar-refractivity contribution is -0.148. The topological polar surface area (TPSA) is 75.4 Å². The highest BCUT2D eigenvalue weighted by Crippen LogP contribution is 2.23. The maximum Gasteiger partial charge on any atom is 0.333 e. The first kappa shape index (κ1) is 15.4. The summed E-state index contributed by atoms with van der Waals surface area (Å²) < 4.78 is 26.1. The largest absolute Gasteiger partial charge is 0.480 e. The molecule has 0 saturated carbocycles. The van der Waals surface area contributed by atoms with Gasteiger partial charge < -0.3 is 10.0 Å². The minimum Gasteiger partial charge on any atom is -0.480 e.